The van der Waals surface area contributed by atoms with Gasteiger partial charge >= 0.3 is 13.2 Å². The van der Waals surface area contributed by atoms with Crippen molar-refractivity contribution < 1.29 is 32.7 Å². The van der Waals surface area contributed by atoms with Crippen LogP contribution in [0.15, 0.2) is 18.2 Å². The van der Waals surface area contributed by atoms with Crippen LogP contribution in [0.4, 0.5) is 9.18 Å². The summed E-state index contributed by atoms with van der Waals surface area (Å²) in [6, 6.07) is 4.73. The number of hydrogen-bond acceptors (Lipinski definition) is 6. The van der Waals surface area contributed by atoms with Crippen molar-refractivity contribution in [2.45, 2.75) is 51.7 Å². The third-order valence-corrected chi connectivity index (χ3v) is 4.86. The Morgan fingerprint density at radius 3 is 2.73 bits per heavy atom. The molecule has 0 saturated carbocycles. The molecule has 9 heteroatoms. The fourth-order valence-electron chi connectivity index (χ4n) is 3.47. The van der Waals surface area contributed by atoms with E-state index < -0.39 is 18.5 Å². The number of carbonyl (C=O) groups excluding carboxylic acids is 1. The van der Waals surface area contributed by atoms with Crippen LogP contribution in [0.3, 0.4) is 0 Å². The first-order valence-corrected chi connectivity index (χ1v) is 10.6. The first-order chi connectivity index (χ1) is 14.3. The van der Waals surface area contributed by atoms with Crippen LogP contribution >= 0.6 is 0 Å². The van der Waals surface area contributed by atoms with E-state index in [1.165, 1.54) is 6.07 Å². The maximum Gasteiger partial charge on any atom is 0.497 e. The van der Waals surface area contributed by atoms with Gasteiger partial charge in [0.05, 0.1) is 32.5 Å². The van der Waals surface area contributed by atoms with E-state index in [9.17, 15) is 9.18 Å². The van der Waals surface area contributed by atoms with Crippen molar-refractivity contribution in [3.8, 4) is 5.75 Å². The lowest BCUT2D eigenvalue weighted by Gasteiger charge is -2.28. The van der Waals surface area contributed by atoms with Crippen LogP contribution in [0.2, 0.25) is 0 Å². The largest absolute Gasteiger partial charge is 0.497 e. The molecule has 1 amide bonds. The van der Waals surface area contributed by atoms with Crippen molar-refractivity contribution in [3.63, 3.8) is 0 Å². The maximum absolute atomic E-state index is 14.2. The highest BCUT2D eigenvalue weighted by Gasteiger charge is 2.32. The lowest BCUT2D eigenvalue weighted by atomic mass is 9.79. The van der Waals surface area contributed by atoms with Crippen LogP contribution in [0, 0.1) is 5.82 Å². The van der Waals surface area contributed by atoms with Crippen LogP contribution in [0.25, 0.3) is 0 Å². The molecule has 2 aliphatic heterocycles. The van der Waals surface area contributed by atoms with Gasteiger partial charge in [0, 0.05) is 31.1 Å². The fraction of sp³-hybridized carbons (Fsp3) is 0.667. The normalized spacial score (nSPS) is 19.4. The SMILES string of the molecule is CC(C)(C)OC(=O)N1CCC[C@@H]1COCCCOc1ccc(B2OCCO2)c(F)c1. The summed E-state index contributed by atoms with van der Waals surface area (Å²) in [4.78, 5) is 14.0. The Morgan fingerprint density at radius 2 is 2.03 bits per heavy atom. The molecule has 2 saturated heterocycles. The molecule has 2 fully saturated rings. The van der Waals surface area contributed by atoms with E-state index in [-0.39, 0.29) is 12.1 Å². The number of halogens is 1. The van der Waals surface area contributed by atoms with Crippen LogP contribution in [0.5, 0.6) is 5.75 Å². The minimum absolute atomic E-state index is 0.0439. The van der Waals surface area contributed by atoms with E-state index >= 15 is 0 Å². The third kappa shape index (κ3) is 6.58. The number of benzene rings is 1. The van der Waals surface area contributed by atoms with Gasteiger partial charge in [0.15, 0.2) is 0 Å². The maximum atomic E-state index is 14.2. The van der Waals surface area contributed by atoms with Gasteiger partial charge in [0.1, 0.15) is 17.2 Å². The van der Waals surface area contributed by atoms with Crippen LogP contribution in [-0.4, -0.2) is 69.3 Å². The molecule has 0 N–H and O–H groups in total. The summed E-state index contributed by atoms with van der Waals surface area (Å²) in [6.45, 7) is 8.62. The Kier molecular flexibility index (Phi) is 7.96. The Bertz CT molecular complexity index is 707. The van der Waals surface area contributed by atoms with Crippen molar-refractivity contribution in [2.24, 2.45) is 0 Å². The number of nitrogens with zero attached hydrogens (tertiary/aromatic N) is 1. The van der Waals surface area contributed by atoms with Gasteiger partial charge in [-0.25, -0.2) is 9.18 Å². The van der Waals surface area contributed by atoms with E-state index in [1.54, 1.807) is 17.0 Å². The number of ether oxygens (including phenoxy) is 3. The summed E-state index contributed by atoms with van der Waals surface area (Å²) >= 11 is 0. The lowest BCUT2D eigenvalue weighted by molar-refractivity contribution is 0.00977. The molecule has 166 valence electrons. The molecule has 0 unspecified atom stereocenters. The highest BCUT2D eigenvalue weighted by Crippen LogP contribution is 2.21. The monoisotopic (exact) mass is 423 g/mol. The zero-order chi connectivity index (χ0) is 21.6. The highest BCUT2D eigenvalue weighted by atomic mass is 19.1. The number of rotatable bonds is 8. The third-order valence-electron chi connectivity index (χ3n) is 4.86. The topological polar surface area (TPSA) is 66.5 Å². The minimum Gasteiger partial charge on any atom is -0.493 e. The Labute approximate surface area is 177 Å². The van der Waals surface area contributed by atoms with Gasteiger partial charge in [-0.15, -0.1) is 0 Å². The van der Waals surface area contributed by atoms with E-state index in [0.29, 0.717) is 57.2 Å². The van der Waals surface area contributed by atoms with E-state index in [0.717, 1.165) is 12.8 Å². The first-order valence-electron chi connectivity index (χ1n) is 10.6. The molecule has 1 aromatic carbocycles. The minimum atomic E-state index is -0.636. The molecule has 30 heavy (non-hydrogen) atoms. The summed E-state index contributed by atoms with van der Waals surface area (Å²) in [7, 11) is -0.636. The molecule has 0 bridgehead atoms. The second-order valence-corrected chi connectivity index (χ2v) is 8.50. The Morgan fingerprint density at radius 1 is 1.27 bits per heavy atom. The van der Waals surface area contributed by atoms with Gasteiger partial charge in [-0.2, -0.15) is 0 Å². The quantitative estimate of drug-likeness (QED) is 0.473. The molecule has 2 aliphatic rings. The van der Waals surface area contributed by atoms with Gasteiger partial charge in [0.25, 0.3) is 0 Å². The standard InChI is InChI=1S/C21H31BFNO6/c1-21(2,3)30-20(25)24-9-4-6-16(24)15-26-10-5-11-27-17-7-8-18(19(23)14-17)22-28-12-13-29-22/h7-8,14,16H,4-6,9-13,15H2,1-3H3/t16-/m1/s1. The average molecular weight is 423 g/mol. The number of hydrogen-bond donors (Lipinski definition) is 0. The molecule has 7 nitrogen and oxygen atoms in total. The van der Waals surface area contributed by atoms with Crippen molar-refractivity contribution in [2.75, 3.05) is 39.6 Å². The molecule has 1 atom stereocenters. The fourth-order valence-corrected chi connectivity index (χ4v) is 3.47. The van der Waals surface area contributed by atoms with Gasteiger partial charge < -0.3 is 28.4 Å². The zero-order valence-electron chi connectivity index (χ0n) is 18.0. The highest BCUT2D eigenvalue weighted by molar-refractivity contribution is 6.61. The molecule has 0 aromatic heterocycles. The first kappa shape index (κ1) is 22.8. The van der Waals surface area contributed by atoms with E-state index in [2.05, 4.69) is 0 Å². The number of amides is 1. The summed E-state index contributed by atoms with van der Waals surface area (Å²) in [5, 5.41) is 0. The predicted molar refractivity (Wildman–Crippen MR) is 111 cm³/mol. The van der Waals surface area contributed by atoms with Crippen LogP contribution < -0.4 is 10.2 Å². The molecule has 0 aliphatic carbocycles. The molecule has 1 aromatic rings. The molecular weight excluding hydrogens is 392 g/mol. The smallest absolute Gasteiger partial charge is 0.493 e. The van der Waals surface area contributed by atoms with Crippen LogP contribution in [-0.2, 0) is 18.8 Å². The molecule has 3 rings (SSSR count). The van der Waals surface area contributed by atoms with Crippen molar-refractivity contribution in [3.05, 3.63) is 24.0 Å². The summed E-state index contributed by atoms with van der Waals surface area (Å²) < 4.78 is 41.7. The van der Waals surface area contributed by atoms with Gasteiger partial charge in [-0.1, -0.05) is 6.07 Å². The molecule has 2 heterocycles. The second kappa shape index (κ2) is 10.5. The Hall–Kier alpha value is -1.84. The second-order valence-electron chi connectivity index (χ2n) is 8.50. The Balaban J connectivity index is 1.33. The molecule has 0 spiro atoms. The number of carbonyl (C=O) groups is 1. The lowest BCUT2D eigenvalue weighted by Crippen LogP contribution is -2.41. The van der Waals surface area contributed by atoms with Crippen molar-refractivity contribution in [1.82, 2.24) is 4.90 Å². The summed E-state index contributed by atoms with van der Waals surface area (Å²) in [5.41, 5.74) is -0.119. The van der Waals surface area contributed by atoms with Gasteiger partial charge in [-0.3, -0.25) is 0 Å². The number of likely N-dealkylation sites (tertiary alicyclic amines) is 1. The summed E-state index contributed by atoms with van der Waals surface area (Å²) in [5.74, 6) is 0.0558. The van der Waals surface area contributed by atoms with Gasteiger partial charge in [0.2, 0.25) is 0 Å². The van der Waals surface area contributed by atoms with E-state index in [4.69, 9.17) is 23.5 Å². The predicted octanol–water partition coefficient (Wildman–Crippen LogP) is 2.75. The van der Waals surface area contributed by atoms with Crippen molar-refractivity contribution >= 4 is 18.7 Å². The van der Waals surface area contributed by atoms with Crippen LogP contribution in [0.1, 0.15) is 40.0 Å². The zero-order valence-corrected chi connectivity index (χ0v) is 18.0. The molecule has 0 radical (unpaired) electrons. The van der Waals surface area contributed by atoms with Gasteiger partial charge in [-0.05, 0) is 39.7 Å². The van der Waals surface area contributed by atoms with Crippen molar-refractivity contribution in [1.29, 1.82) is 0 Å². The average Bonchev–Trinajstić information content (AvgIpc) is 3.35. The van der Waals surface area contributed by atoms with E-state index in [1.807, 2.05) is 20.8 Å². The molecular formula is C21H31BFNO6. The summed E-state index contributed by atoms with van der Waals surface area (Å²) in [6.07, 6.45) is 2.25.